The van der Waals surface area contributed by atoms with Crippen LogP contribution in [0, 0.1) is 10.1 Å². The van der Waals surface area contributed by atoms with Crippen molar-refractivity contribution in [1.29, 1.82) is 0 Å². The fourth-order valence-electron chi connectivity index (χ4n) is 4.22. The fraction of sp³-hybridized carbons (Fsp3) is 0.500. The maximum Gasteiger partial charge on any atom is 0.410 e. The molecule has 1 aliphatic heterocycles. The van der Waals surface area contributed by atoms with E-state index in [0.717, 1.165) is 19.3 Å². The molecule has 2 aliphatic rings. The van der Waals surface area contributed by atoms with Crippen LogP contribution >= 0.6 is 0 Å². The minimum Gasteiger partial charge on any atom is -0.444 e. The predicted molar refractivity (Wildman–Crippen MR) is 120 cm³/mol. The van der Waals surface area contributed by atoms with Gasteiger partial charge in [-0.15, -0.1) is 0 Å². The van der Waals surface area contributed by atoms with Crippen LogP contribution in [0.15, 0.2) is 36.7 Å². The smallest absolute Gasteiger partial charge is 0.410 e. The number of nitrogens with zero attached hydrogens (tertiary/aromatic N) is 5. The van der Waals surface area contributed by atoms with Crippen molar-refractivity contribution < 1.29 is 14.5 Å². The Balaban J connectivity index is 1.57. The Kier molecular flexibility index (Phi) is 5.62. The lowest BCUT2D eigenvalue weighted by molar-refractivity contribution is -0.384. The van der Waals surface area contributed by atoms with E-state index in [-0.39, 0.29) is 23.1 Å². The quantitative estimate of drug-likeness (QED) is 0.558. The molecule has 10 heteroatoms. The van der Waals surface area contributed by atoms with Crippen molar-refractivity contribution in [2.75, 3.05) is 29.9 Å². The van der Waals surface area contributed by atoms with Crippen molar-refractivity contribution in [1.82, 2.24) is 14.9 Å². The number of nitrogens with one attached hydrogen (secondary N) is 1. The number of amides is 1. The first-order chi connectivity index (χ1) is 15.2. The molecule has 0 aromatic carbocycles. The Hall–Kier alpha value is -3.43. The topological polar surface area (TPSA) is 114 Å². The Morgan fingerprint density at radius 3 is 2.50 bits per heavy atom. The average molecular weight is 441 g/mol. The molecular weight excluding hydrogens is 412 g/mol. The van der Waals surface area contributed by atoms with Crippen molar-refractivity contribution >= 4 is 29.1 Å². The van der Waals surface area contributed by atoms with E-state index >= 15 is 0 Å². The Bertz CT molecular complexity index is 1000. The van der Waals surface area contributed by atoms with Gasteiger partial charge in [0.15, 0.2) is 0 Å². The second-order valence-electron chi connectivity index (χ2n) is 9.29. The Morgan fingerprint density at radius 1 is 1.19 bits per heavy atom. The van der Waals surface area contributed by atoms with Crippen molar-refractivity contribution in [3.63, 3.8) is 0 Å². The fourth-order valence-corrected chi connectivity index (χ4v) is 4.22. The second-order valence-corrected chi connectivity index (χ2v) is 9.29. The first-order valence-corrected chi connectivity index (χ1v) is 10.7. The van der Waals surface area contributed by atoms with Crippen LogP contribution in [-0.2, 0) is 4.74 Å². The highest BCUT2D eigenvalue weighted by Gasteiger charge is 2.49. The van der Waals surface area contributed by atoms with E-state index in [1.807, 2.05) is 25.7 Å². The number of pyridine rings is 2. The lowest BCUT2D eigenvalue weighted by Gasteiger charge is -2.55. The van der Waals surface area contributed by atoms with E-state index in [4.69, 9.17) is 4.74 Å². The molecule has 1 spiro atoms. The molecule has 0 bridgehead atoms. The van der Waals surface area contributed by atoms with Gasteiger partial charge < -0.3 is 15.0 Å². The molecule has 4 rings (SSSR count). The maximum absolute atomic E-state index is 12.8. The highest BCUT2D eigenvalue weighted by molar-refractivity contribution is 5.71. The maximum atomic E-state index is 12.8. The molecule has 2 fully saturated rings. The number of carbonyl (C=O) groups is 1. The summed E-state index contributed by atoms with van der Waals surface area (Å²) in [6.07, 6.45) is 5.78. The molecule has 1 saturated carbocycles. The summed E-state index contributed by atoms with van der Waals surface area (Å²) in [6, 6.07) is 6.59. The number of hydrogen-bond acceptors (Lipinski definition) is 8. The molecule has 10 nitrogen and oxygen atoms in total. The molecule has 1 amide bonds. The number of anilines is 3. The van der Waals surface area contributed by atoms with E-state index in [1.54, 1.807) is 30.6 Å². The van der Waals surface area contributed by atoms with Gasteiger partial charge in [0.1, 0.15) is 11.4 Å². The van der Waals surface area contributed by atoms with E-state index in [1.165, 1.54) is 6.07 Å². The van der Waals surface area contributed by atoms with Crippen LogP contribution in [0.4, 0.5) is 27.8 Å². The summed E-state index contributed by atoms with van der Waals surface area (Å²) in [5, 5.41) is 14.6. The minimum atomic E-state index is -0.549. The summed E-state index contributed by atoms with van der Waals surface area (Å²) >= 11 is 0. The van der Waals surface area contributed by atoms with Crippen molar-refractivity contribution in [2.24, 2.45) is 0 Å². The molecular formula is C22H28N6O4. The molecule has 170 valence electrons. The zero-order valence-electron chi connectivity index (χ0n) is 18.6. The third kappa shape index (κ3) is 4.44. The van der Waals surface area contributed by atoms with Crippen LogP contribution in [0.5, 0.6) is 0 Å². The molecule has 0 atom stereocenters. The number of ether oxygens (including phenoxy) is 1. The van der Waals surface area contributed by atoms with Gasteiger partial charge in [-0.2, -0.15) is 0 Å². The number of nitro groups is 1. The second kappa shape index (κ2) is 8.25. The van der Waals surface area contributed by atoms with Gasteiger partial charge in [0.05, 0.1) is 10.5 Å². The zero-order chi connectivity index (χ0) is 22.9. The lowest BCUT2D eigenvalue weighted by Crippen LogP contribution is -2.67. The monoisotopic (exact) mass is 440 g/mol. The predicted octanol–water partition coefficient (Wildman–Crippen LogP) is 4.11. The highest BCUT2D eigenvalue weighted by atomic mass is 16.6. The standard InChI is InChI=1S/C22H28N6O4/c1-21(2,3)32-20(29)27-14-13-26(15-22(27)9-4-10-22)18-6-5-17(28(30)31)19(25-18)24-16-7-11-23-12-8-16/h5-8,11-12H,4,9-10,13-15H2,1-3H3,(H,23,24,25). The van der Waals surface area contributed by atoms with E-state index < -0.39 is 10.5 Å². The van der Waals surface area contributed by atoms with Gasteiger partial charge in [0.25, 0.3) is 0 Å². The number of hydrogen-bond donors (Lipinski definition) is 1. The summed E-state index contributed by atoms with van der Waals surface area (Å²) in [5.74, 6) is 0.818. The van der Waals surface area contributed by atoms with Crippen LogP contribution in [-0.4, -0.2) is 56.7 Å². The molecule has 0 radical (unpaired) electrons. The van der Waals surface area contributed by atoms with Crippen LogP contribution in [0.2, 0.25) is 0 Å². The van der Waals surface area contributed by atoms with Gasteiger partial charge in [0, 0.05) is 43.8 Å². The highest BCUT2D eigenvalue weighted by Crippen LogP contribution is 2.42. The Morgan fingerprint density at radius 2 is 1.91 bits per heavy atom. The summed E-state index contributed by atoms with van der Waals surface area (Å²) in [5.41, 5.74) is -0.274. The van der Waals surface area contributed by atoms with E-state index in [0.29, 0.717) is 31.1 Å². The number of piperazine rings is 1. The number of aromatic nitrogens is 2. The number of carbonyl (C=O) groups excluding carboxylic acids is 1. The van der Waals surface area contributed by atoms with Crippen molar-refractivity contribution in [3.05, 3.63) is 46.8 Å². The van der Waals surface area contributed by atoms with Crippen LogP contribution < -0.4 is 10.2 Å². The molecule has 2 aromatic rings. The van der Waals surface area contributed by atoms with Crippen LogP contribution in [0.1, 0.15) is 40.0 Å². The first-order valence-electron chi connectivity index (χ1n) is 10.7. The van der Waals surface area contributed by atoms with Gasteiger partial charge in [0.2, 0.25) is 5.82 Å². The minimum absolute atomic E-state index is 0.101. The molecule has 1 N–H and O–H groups in total. The van der Waals surface area contributed by atoms with Gasteiger partial charge in [-0.25, -0.2) is 9.78 Å². The molecule has 1 saturated heterocycles. The van der Waals surface area contributed by atoms with E-state index in [2.05, 4.69) is 20.2 Å². The summed E-state index contributed by atoms with van der Waals surface area (Å²) in [4.78, 5) is 36.4. The largest absolute Gasteiger partial charge is 0.444 e. The number of rotatable bonds is 4. The SMILES string of the molecule is CC(C)(C)OC(=O)N1CCN(c2ccc([N+](=O)[O-])c(Nc3ccncc3)n2)CC12CCC2. The summed E-state index contributed by atoms with van der Waals surface area (Å²) < 4.78 is 5.64. The van der Waals surface area contributed by atoms with Crippen LogP contribution in [0.25, 0.3) is 0 Å². The lowest BCUT2D eigenvalue weighted by atomic mass is 9.74. The van der Waals surface area contributed by atoms with Crippen molar-refractivity contribution in [3.8, 4) is 0 Å². The van der Waals surface area contributed by atoms with Gasteiger partial charge >= 0.3 is 11.8 Å². The van der Waals surface area contributed by atoms with Gasteiger partial charge in [-0.05, 0) is 58.2 Å². The van der Waals surface area contributed by atoms with Gasteiger partial charge in [-0.3, -0.25) is 20.0 Å². The van der Waals surface area contributed by atoms with Gasteiger partial charge in [-0.1, -0.05) is 0 Å². The summed E-state index contributed by atoms with van der Waals surface area (Å²) in [7, 11) is 0. The molecule has 1 aliphatic carbocycles. The van der Waals surface area contributed by atoms with E-state index in [9.17, 15) is 14.9 Å². The average Bonchev–Trinajstić information content (AvgIpc) is 2.71. The molecule has 0 unspecified atom stereocenters. The normalized spacial score (nSPS) is 17.6. The zero-order valence-corrected chi connectivity index (χ0v) is 18.6. The molecule has 2 aromatic heterocycles. The Labute approximate surface area is 186 Å². The third-order valence-corrected chi connectivity index (χ3v) is 5.87. The van der Waals surface area contributed by atoms with Crippen molar-refractivity contribution in [2.45, 2.75) is 51.2 Å². The molecule has 32 heavy (non-hydrogen) atoms. The van der Waals surface area contributed by atoms with Crippen LogP contribution in [0.3, 0.4) is 0 Å². The first kappa shape index (κ1) is 21.8. The summed E-state index contributed by atoms with van der Waals surface area (Å²) in [6.45, 7) is 7.30. The molecule has 3 heterocycles. The third-order valence-electron chi connectivity index (χ3n) is 5.87.